The fraction of sp³-hybridized carbons (Fsp3) is 0.588. The predicted octanol–water partition coefficient (Wildman–Crippen LogP) is 2.31. The van der Waals surface area contributed by atoms with Gasteiger partial charge in [-0.15, -0.1) is 0 Å². The second-order valence-corrected chi connectivity index (χ2v) is 6.41. The molecule has 1 fully saturated rings. The summed E-state index contributed by atoms with van der Waals surface area (Å²) < 4.78 is 0. The molecule has 0 aliphatic carbocycles. The summed E-state index contributed by atoms with van der Waals surface area (Å²) in [7, 11) is 0. The Morgan fingerprint density at radius 3 is 2.67 bits per heavy atom. The number of likely N-dealkylation sites (tertiary alicyclic amines) is 1. The van der Waals surface area contributed by atoms with Crippen LogP contribution in [-0.4, -0.2) is 35.1 Å². The Bertz CT molecular complexity index is 482. The van der Waals surface area contributed by atoms with E-state index in [1.807, 2.05) is 43.0 Å². The standard InChI is InChI=1S/C17H26N2O2/c1-17(2,13-7-9-14(18)10-8-13)16(21)19-11-3-5-15(19)6-4-12-20/h7-10,15,20H,3-6,11-12,18H2,1-2H3. The van der Waals surface area contributed by atoms with Crippen molar-refractivity contribution < 1.29 is 9.90 Å². The average molecular weight is 290 g/mol. The number of amides is 1. The Kier molecular flexibility index (Phi) is 4.88. The number of hydrogen-bond acceptors (Lipinski definition) is 3. The van der Waals surface area contributed by atoms with Gasteiger partial charge in [0.25, 0.3) is 0 Å². The summed E-state index contributed by atoms with van der Waals surface area (Å²) in [5, 5.41) is 9.00. The molecule has 116 valence electrons. The highest BCUT2D eigenvalue weighted by atomic mass is 16.3. The van der Waals surface area contributed by atoms with Gasteiger partial charge in [0.1, 0.15) is 0 Å². The summed E-state index contributed by atoms with van der Waals surface area (Å²) in [5.74, 6) is 0.174. The van der Waals surface area contributed by atoms with Gasteiger partial charge in [-0.05, 0) is 57.2 Å². The number of nitrogens with zero attached hydrogens (tertiary/aromatic N) is 1. The Morgan fingerprint density at radius 2 is 2.05 bits per heavy atom. The second kappa shape index (κ2) is 6.48. The van der Waals surface area contributed by atoms with Gasteiger partial charge in [0, 0.05) is 24.9 Å². The van der Waals surface area contributed by atoms with Crippen LogP contribution in [0.15, 0.2) is 24.3 Å². The lowest BCUT2D eigenvalue weighted by atomic mass is 9.82. The molecule has 4 heteroatoms. The SMILES string of the molecule is CC(C)(C(=O)N1CCCC1CCCO)c1ccc(N)cc1. The first-order valence-electron chi connectivity index (χ1n) is 7.74. The van der Waals surface area contributed by atoms with Crippen molar-refractivity contribution in [2.75, 3.05) is 18.9 Å². The number of nitrogen functional groups attached to an aromatic ring is 1. The molecule has 1 aromatic rings. The molecular formula is C17H26N2O2. The largest absolute Gasteiger partial charge is 0.399 e. The number of rotatable bonds is 5. The second-order valence-electron chi connectivity index (χ2n) is 6.41. The van der Waals surface area contributed by atoms with Crippen LogP contribution in [0.1, 0.15) is 45.1 Å². The van der Waals surface area contributed by atoms with Crippen molar-refractivity contribution in [1.29, 1.82) is 0 Å². The zero-order chi connectivity index (χ0) is 15.5. The Morgan fingerprint density at radius 1 is 1.38 bits per heavy atom. The van der Waals surface area contributed by atoms with Gasteiger partial charge < -0.3 is 15.7 Å². The van der Waals surface area contributed by atoms with E-state index in [1.54, 1.807) is 0 Å². The average Bonchev–Trinajstić information content (AvgIpc) is 2.92. The maximum atomic E-state index is 13.0. The minimum atomic E-state index is -0.546. The van der Waals surface area contributed by atoms with E-state index in [2.05, 4.69) is 0 Å². The fourth-order valence-corrected chi connectivity index (χ4v) is 3.11. The monoisotopic (exact) mass is 290 g/mol. The molecule has 0 aromatic heterocycles. The van der Waals surface area contributed by atoms with Gasteiger partial charge in [-0.1, -0.05) is 12.1 Å². The third kappa shape index (κ3) is 3.38. The van der Waals surface area contributed by atoms with Crippen molar-refractivity contribution in [3.63, 3.8) is 0 Å². The van der Waals surface area contributed by atoms with Crippen LogP contribution in [0, 0.1) is 0 Å². The highest BCUT2D eigenvalue weighted by molar-refractivity contribution is 5.88. The first-order valence-corrected chi connectivity index (χ1v) is 7.74. The summed E-state index contributed by atoms with van der Waals surface area (Å²) in [6.07, 6.45) is 3.75. The van der Waals surface area contributed by atoms with E-state index in [-0.39, 0.29) is 18.6 Å². The third-order valence-corrected chi connectivity index (χ3v) is 4.50. The molecule has 1 saturated heterocycles. The van der Waals surface area contributed by atoms with E-state index in [0.717, 1.165) is 37.8 Å². The topological polar surface area (TPSA) is 66.6 Å². The van der Waals surface area contributed by atoms with E-state index in [4.69, 9.17) is 10.8 Å². The minimum Gasteiger partial charge on any atom is -0.399 e. The van der Waals surface area contributed by atoms with E-state index >= 15 is 0 Å². The van der Waals surface area contributed by atoms with Crippen LogP contribution in [0.3, 0.4) is 0 Å². The molecule has 0 radical (unpaired) electrons. The van der Waals surface area contributed by atoms with Gasteiger partial charge in [-0.2, -0.15) is 0 Å². The van der Waals surface area contributed by atoms with Crippen molar-refractivity contribution in [2.24, 2.45) is 0 Å². The number of nitrogens with two attached hydrogens (primary N) is 1. The molecule has 1 aliphatic heterocycles. The lowest BCUT2D eigenvalue weighted by Gasteiger charge is -2.33. The molecule has 2 rings (SSSR count). The maximum absolute atomic E-state index is 13.0. The predicted molar refractivity (Wildman–Crippen MR) is 84.9 cm³/mol. The normalized spacial score (nSPS) is 19.0. The number of carbonyl (C=O) groups excluding carboxylic acids is 1. The maximum Gasteiger partial charge on any atom is 0.232 e. The van der Waals surface area contributed by atoms with E-state index in [1.165, 1.54) is 0 Å². The highest BCUT2D eigenvalue weighted by Crippen LogP contribution is 2.31. The minimum absolute atomic E-state index is 0.174. The van der Waals surface area contributed by atoms with Gasteiger partial charge >= 0.3 is 0 Å². The van der Waals surface area contributed by atoms with Crippen LogP contribution >= 0.6 is 0 Å². The van der Waals surface area contributed by atoms with Crippen LogP contribution in [-0.2, 0) is 10.2 Å². The van der Waals surface area contributed by atoms with Crippen molar-refractivity contribution >= 4 is 11.6 Å². The fourth-order valence-electron chi connectivity index (χ4n) is 3.11. The molecule has 21 heavy (non-hydrogen) atoms. The first kappa shape index (κ1) is 15.8. The molecule has 0 bridgehead atoms. The van der Waals surface area contributed by atoms with Gasteiger partial charge in [0.2, 0.25) is 5.91 Å². The van der Waals surface area contributed by atoms with Gasteiger partial charge in [0.05, 0.1) is 5.41 Å². The quantitative estimate of drug-likeness (QED) is 0.818. The molecule has 0 saturated carbocycles. The summed E-state index contributed by atoms with van der Waals surface area (Å²) in [5.41, 5.74) is 6.89. The molecule has 1 amide bonds. The van der Waals surface area contributed by atoms with Crippen LogP contribution in [0.5, 0.6) is 0 Å². The summed E-state index contributed by atoms with van der Waals surface area (Å²) in [4.78, 5) is 15.0. The van der Waals surface area contributed by atoms with Crippen molar-refractivity contribution in [3.05, 3.63) is 29.8 Å². The number of benzene rings is 1. The van der Waals surface area contributed by atoms with Crippen molar-refractivity contribution in [3.8, 4) is 0 Å². The van der Waals surface area contributed by atoms with E-state index < -0.39 is 5.41 Å². The number of aliphatic hydroxyl groups excluding tert-OH is 1. The zero-order valence-corrected chi connectivity index (χ0v) is 13.0. The van der Waals surface area contributed by atoms with Crippen LogP contribution in [0.2, 0.25) is 0 Å². The lowest BCUT2D eigenvalue weighted by Crippen LogP contribution is -2.45. The molecule has 1 atom stereocenters. The molecule has 3 N–H and O–H groups in total. The summed E-state index contributed by atoms with van der Waals surface area (Å²) >= 11 is 0. The van der Waals surface area contributed by atoms with Gasteiger partial charge in [0.15, 0.2) is 0 Å². The molecule has 1 unspecified atom stereocenters. The Balaban J connectivity index is 2.15. The number of carbonyl (C=O) groups is 1. The molecule has 1 heterocycles. The van der Waals surface area contributed by atoms with E-state index in [0.29, 0.717) is 5.69 Å². The van der Waals surface area contributed by atoms with Crippen LogP contribution in [0.25, 0.3) is 0 Å². The van der Waals surface area contributed by atoms with Crippen molar-refractivity contribution in [1.82, 2.24) is 4.90 Å². The zero-order valence-electron chi connectivity index (χ0n) is 13.0. The summed E-state index contributed by atoms with van der Waals surface area (Å²) in [6, 6.07) is 7.84. The first-order chi connectivity index (χ1) is 9.96. The van der Waals surface area contributed by atoms with Crippen molar-refractivity contribution in [2.45, 2.75) is 51.0 Å². The Hall–Kier alpha value is -1.55. The smallest absolute Gasteiger partial charge is 0.232 e. The third-order valence-electron chi connectivity index (χ3n) is 4.50. The number of hydrogen-bond donors (Lipinski definition) is 2. The van der Waals surface area contributed by atoms with Crippen LogP contribution in [0.4, 0.5) is 5.69 Å². The van der Waals surface area contributed by atoms with Gasteiger partial charge in [-0.3, -0.25) is 4.79 Å². The highest BCUT2D eigenvalue weighted by Gasteiger charge is 2.38. The van der Waals surface area contributed by atoms with Crippen LogP contribution < -0.4 is 5.73 Å². The molecule has 0 spiro atoms. The molecule has 1 aliphatic rings. The number of anilines is 1. The Labute approximate surface area is 126 Å². The molecule has 4 nitrogen and oxygen atoms in total. The van der Waals surface area contributed by atoms with E-state index in [9.17, 15) is 4.79 Å². The number of aliphatic hydroxyl groups is 1. The lowest BCUT2D eigenvalue weighted by molar-refractivity contribution is -0.137. The summed E-state index contributed by atoms with van der Waals surface area (Å²) in [6.45, 7) is 4.97. The molecule has 1 aromatic carbocycles. The molecular weight excluding hydrogens is 264 g/mol. The van der Waals surface area contributed by atoms with Gasteiger partial charge in [-0.25, -0.2) is 0 Å².